The zero-order chi connectivity index (χ0) is 30.2. The number of anilines is 1. The molecular formula is C30H39N7O5S. The van der Waals surface area contributed by atoms with Crippen LogP contribution in [0.15, 0.2) is 24.3 Å². The molecule has 13 heteroatoms. The molecule has 2 aromatic rings. The lowest BCUT2D eigenvalue weighted by Crippen LogP contribution is -2.56. The third-order valence-electron chi connectivity index (χ3n) is 12.0. The van der Waals surface area contributed by atoms with Gasteiger partial charge in [0.05, 0.1) is 11.7 Å². The number of aryl methyl sites for hydroxylation is 1. The molecule has 4 fully saturated rings. The van der Waals surface area contributed by atoms with Crippen LogP contribution in [-0.2, 0) is 36.2 Å². The molecule has 0 radical (unpaired) electrons. The van der Waals surface area contributed by atoms with E-state index in [1.54, 1.807) is 4.31 Å². The van der Waals surface area contributed by atoms with Gasteiger partial charge in [-0.15, -0.1) is 5.10 Å². The van der Waals surface area contributed by atoms with Crippen molar-refractivity contribution in [3.8, 4) is 0 Å². The lowest BCUT2D eigenvalue weighted by molar-refractivity contribution is -0.146. The van der Waals surface area contributed by atoms with Crippen LogP contribution in [0.2, 0.25) is 0 Å². The molecular weight excluding hydrogens is 570 g/mol. The van der Waals surface area contributed by atoms with Crippen molar-refractivity contribution in [3.63, 3.8) is 0 Å². The van der Waals surface area contributed by atoms with E-state index in [1.165, 1.54) is 16.0 Å². The van der Waals surface area contributed by atoms with E-state index >= 15 is 0 Å². The maximum atomic E-state index is 14.2. The van der Waals surface area contributed by atoms with Gasteiger partial charge in [-0.05, 0) is 78.0 Å². The topological polar surface area (TPSA) is 158 Å². The summed E-state index contributed by atoms with van der Waals surface area (Å²) in [5.74, 6) is -1.86. The molecule has 1 spiro atoms. The standard InChI is InChI=1S/C30H39N7O5S/c1-28(2)21-8-10-30(28,18-43(41,42)36-13-11-29(12-14-36)9-7-19-5-3-4-6-22(19)29)23(17-21)37-25(39)16-20(26(37)40)15-24(38)31-27-32-34-35-33-27/h3-6,20-21,23H,7-18H2,1-2H3,(H2,31,32,33,34,35,38)/t20?,21-,23+,30-/m1/s1. The van der Waals surface area contributed by atoms with Crippen LogP contribution in [0, 0.1) is 22.7 Å². The second kappa shape index (κ2) is 9.91. The summed E-state index contributed by atoms with van der Waals surface area (Å²) < 4.78 is 30.1. The van der Waals surface area contributed by atoms with E-state index in [9.17, 15) is 22.8 Å². The molecule has 2 aliphatic heterocycles. The van der Waals surface area contributed by atoms with E-state index in [-0.39, 0.29) is 47.2 Å². The van der Waals surface area contributed by atoms with E-state index in [4.69, 9.17) is 0 Å². The molecule has 43 heavy (non-hydrogen) atoms. The molecule has 3 aliphatic carbocycles. The summed E-state index contributed by atoms with van der Waals surface area (Å²) in [5, 5.41) is 15.5. The number of nitrogens with one attached hydrogen (secondary N) is 2. The van der Waals surface area contributed by atoms with Crippen molar-refractivity contribution < 1.29 is 22.8 Å². The minimum atomic E-state index is -3.67. The minimum Gasteiger partial charge on any atom is -0.292 e. The molecule has 2 saturated heterocycles. The van der Waals surface area contributed by atoms with Crippen molar-refractivity contribution in [2.45, 2.75) is 83.1 Å². The number of imide groups is 1. The van der Waals surface area contributed by atoms with Crippen LogP contribution in [0.1, 0.15) is 76.3 Å². The highest BCUT2D eigenvalue weighted by molar-refractivity contribution is 7.89. The van der Waals surface area contributed by atoms with Gasteiger partial charge in [0.2, 0.25) is 27.7 Å². The summed E-state index contributed by atoms with van der Waals surface area (Å²) in [6, 6.07) is 8.06. The van der Waals surface area contributed by atoms with Gasteiger partial charge in [-0.25, -0.2) is 12.7 Å². The number of amides is 3. The van der Waals surface area contributed by atoms with E-state index in [2.05, 4.69) is 64.1 Å². The van der Waals surface area contributed by atoms with Crippen LogP contribution in [0.25, 0.3) is 0 Å². The van der Waals surface area contributed by atoms with Crippen LogP contribution >= 0.6 is 0 Å². The molecule has 3 heterocycles. The molecule has 2 bridgehead atoms. The highest BCUT2D eigenvalue weighted by Gasteiger charge is 2.68. The molecule has 4 atom stereocenters. The highest BCUT2D eigenvalue weighted by Crippen LogP contribution is 2.68. The number of piperidine rings is 1. The van der Waals surface area contributed by atoms with Crippen molar-refractivity contribution in [2.75, 3.05) is 24.2 Å². The van der Waals surface area contributed by atoms with Crippen molar-refractivity contribution in [3.05, 3.63) is 35.4 Å². The number of benzene rings is 1. The number of tetrazole rings is 1. The largest absolute Gasteiger partial charge is 0.292 e. The Labute approximate surface area is 251 Å². The number of hydrogen-bond acceptors (Lipinski definition) is 8. The van der Waals surface area contributed by atoms with E-state index in [0.29, 0.717) is 25.9 Å². The Bertz CT molecular complexity index is 1570. The lowest BCUT2D eigenvalue weighted by atomic mass is 9.68. The summed E-state index contributed by atoms with van der Waals surface area (Å²) in [6.45, 7) is 5.20. The third kappa shape index (κ3) is 4.36. The quantitative estimate of drug-likeness (QED) is 0.453. The van der Waals surface area contributed by atoms with Gasteiger partial charge >= 0.3 is 0 Å². The molecule has 1 aromatic carbocycles. The number of fused-ring (bicyclic) bond motifs is 4. The van der Waals surface area contributed by atoms with E-state index in [1.807, 2.05) is 0 Å². The van der Waals surface area contributed by atoms with Crippen molar-refractivity contribution in [1.82, 2.24) is 29.8 Å². The fraction of sp³-hybridized carbons (Fsp3) is 0.667. The van der Waals surface area contributed by atoms with Crippen LogP contribution in [-0.4, -0.2) is 80.9 Å². The number of likely N-dealkylation sites (tertiary alicyclic amines) is 1. The number of hydrogen-bond donors (Lipinski definition) is 2. The lowest BCUT2D eigenvalue weighted by Gasteiger charge is -2.47. The van der Waals surface area contributed by atoms with Gasteiger partial charge in [0.25, 0.3) is 5.95 Å². The first-order chi connectivity index (χ1) is 20.5. The number of nitrogens with zero attached hydrogens (tertiary/aromatic N) is 5. The van der Waals surface area contributed by atoms with Crippen LogP contribution in [0.3, 0.4) is 0 Å². The average molecular weight is 610 g/mol. The van der Waals surface area contributed by atoms with Gasteiger partial charge in [0, 0.05) is 37.4 Å². The number of H-pyrrole nitrogens is 1. The molecule has 3 amide bonds. The molecule has 1 aromatic heterocycles. The van der Waals surface area contributed by atoms with Crippen molar-refractivity contribution in [2.24, 2.45) is 22.7 Å². The molecule has 230 valence electrons. The number of aromatic amines is 1. The first kappa shape index (κ1) is 28.6. The second-order valence-corrected chi connectivity index (χ2v) is 15.9. The second-order valence-electron chi connectivity index (χ2n) is 13.9. The van der Waals surface area contributed by atoms with E-state index in [0.717, 1.165) is 32.1 Å². The Hall–Kier alpha value is -3.19. The fourth-order valence-corrected chi connectivity index (χ4v) is 11.7. The zero-order valence-corrected chi connectivity index (χ0v) is 25.5. The average Bonchev–Trinajstić information content (AvgIpc) is 3.75. The Kier molecular flexibility index (Phi) is 6.59. The molecule has 2 N–H and O–H groups in total. The summed E-state index contributed by atoms with van der Waals surface area (Å²) in [5.41, 5.74) is 1.72. The maximum Gasteiger partial charge on any atom is 0.269 e. The number of aromatic nitrogens is 4. The summed E-state index contributed by atoms with van der Waals surface area (Å²) >= 11 is 0. The Morgan fingerprint density at radius 2 is 1.88 bits per heavy atom. The van der Waals surface area contributed by atoms with Gasteiger partial charge < -0.3 is 0 Å². The predicted octanol–water partition coefficient (Wildman–Crippen LogP) is 2.41. The molecule has 5 aliphatic rings. The first-order valence-electron chi connectivity index (χ1n) is 15.4. The Morgan fingerprint density at radius 1 is 1.12 bits per heavy atom. The van der Waals surface area contributed by atoms with E-state index < -0.39 is 39.2 Å². The Morgan fingerprint density at radius 3 is 2.60 bits per heavy atom. The molecule has 1 unspecified atom stereocenters. The minimum absolute atomic E-state index is 0.00147. The number of rotatable bonds is 7. The third-order valence-corrected chi connectivity index (χ3v) is 14.0. The van der Waals surface area contributed by atoms with Gasteiger partial charge in [-0.3, -0.25) is 24.6 Å². The molecule has 12 nitrogen and oxygen atoms in total. The normalized spacial score (nSPS) is 31.2. The summed E-state index contributed by atoms with van der Waals surface area (Å²) in [6.07, 6.45) is 5.60. The van der Waals surface area contributed by atoms with Crippen molar-refractivity contribution >= 4 is 33.7 Å². The zero-order valence-electron chi connectivity index (χ0n) is 24.7. The number of sulfonamides is 1. The predicted molar refractivity (Wildman–Crippen MR) is 156 cm³/mol. The number of carbonyl (C=O) groups is 3. The van der Waals surface area contributed by atoms with Gasteiger partial charge in [-0.1, -0.05) is 43.2 Å². The number of carbonyl (C=O) groups excluding carboxylic acids is 3. The molecule has 7 rings (SSSR count). The van der Waals surface area contributed by atoms with Crippen molar-refractivity contribution in [1.29, 1.82) is 0 Å². The smallest absolute Gasteiger partial charge is 0.269 e. The summed E-state index contributed by atoms with van der Waals surface area (Å²) in [7, 11) is -3.67. The maximum absolute atomic E-state index is 14.2. The van der Waals surface area contributed by atoms with Gasteiger partial charge in [-0.2, -0.15) is 5.21 Å². The van der Waals surface area contributed by atoms with Gasteiger partial charge in [0.15, 0.2) is 0 Å². The highest BCUT2D eigenvalue weighted by atomic mass is 32.2. The fourth-order valence-electron chi connectivity index (χ4n) is 9.44. The Balaban J connectivity index is 1.09. The monoisotopic (exact) mass is 609 g/mol. The summed E-state index contributed by atoms with van der Waals surface area (Å²) in [4.78, 5) is 41.0. The van der Waals surface area contributed by atoms with Crippen LogP contribution in [0.4, 0.5) is 5.95 Å². The van der Waals surface area contributed by atoms with Gasteiger partial charge in [0.1, 0.15) is 0 Å². The SMILES string of the molecule is CC1(C)[C@@H]2CC[C@@]1(CS(=O)(=O)N1CCC3(CCc4ccccc43)CC1)[C@@H](N1C(=O)CC(CC(=O)Nc3nn[nH]n3)C1=O)C2. The van der Waals surface area contributed by atoms with Crippen LogP contribution < -0.4 is 5.32 Å². The first-order valence-corrected chi connectivity index (χ1v) is 17.0. The van der Waals surface area contributed by atoms with Crippen LogP contribution in [0.5, 0.6) is 0 Å². The molecule has 2 saturated carbocycles.